The van der Waals surface area contributed by atoms with Crippen molar-refractivity contribution < 1.29 is 4.79 Å². The minimum absolute atomic E-state index is 0.0697. The van der Waals surface area contributed by atoms with Crippen molar-refractivity contribution in [3.63, 3.8) is 0 Å². The van der Waals surface area contributed by atoms with Crippen molar-refractivity contribution in [1.82, 2.24) is 10.3 Å². The fourth-order valence-electron chi connectivity index (χ4n) is 2.70. The molecule has 1 aliphatic carbocycles. The van der Waals surface area contributed by atoms with Crippen LogP contribution in [0.15, 0.2) is 18.3 Å². The molecule has 1 atom stereocenters. The third kappa shape index (κ3) is 3.25. The molecule has 0 aliphatic heterocycles. The van der Waals surface area contributed by atoms with Gasteiger partial charge in [-0.05, 0) is 37.3 Å². The van der Waals surface area contributed by atoms with Crippen molar-refractivity contribution in [1.29, 1.82) is 0 Å². The molecule has 1 aliphatic rings. The van der Waals surface area contributed by atoms with Crippen LogP contribution in [0.5, 0.6) is 0 Å². The van der Waals surface area contributed by atoms with E-state index in [-0.39, 0.29) is 17.4 Å². The minimum Gasteiger partial charge on any atom is -0.385 e. The quantitative estimate of drug-likeness (QED) is 0.876. The average molecular weight is 261 g/mol. The van der Waals surface area contributed by atoms with Crippen molar-refractivity contribution in [2.75, 3.05) is 11.9 Å². The Morgan fingerprint density at radius 3 is 2.95 bits per heavy atom. The molecule has 4 nitrogen and oxygen atoms in total. The van der Waals surface area contributed by atoms with Crippen molar-refractivity contribution in [2.24, 2.45) is 5.41 Å². The maximum Gasteiger partial charge on any atom is 0.270 e. The standard InChI is InChI=1S/C15H23N3O/c1-4-16-11-7-9-17-12(10-11)14(19)18-13-6-5-8-15(13,2)3/h7,9-10,13H,4-6,8H2,1-3H3,(H,16,17)(H,18,19). The maximum absolute atomic E-state index is 12.2. The number of carbonyl (C=O) groups excluding carboxylic acids is 1. The average Bonchev–Trinajstić information content (AvgIpc) is 2.69. The first-order valence-electron chi connectivity index (χ1n) is 7.04. The lowest BCUT2D eigenvalue weighted by Gasteiger charge is -2.27. The molecule has 1 heterocycles. The van der Waals surface area contributed by atoms with Gasteiger partial charge in [-0.2, -0.15) is 0 Å². The molecule has 2 rings (SSSR count). The summed E-state index contributed by atoms with van der Waals surface area (Å²) in [6.45, 7) is 7.29. The van der Waals surface area contributed by atoms with E-state index in [0.29, 0.717) is 5.69 Å². The SMILES string of the molecule is CCNc1ccnc(C(=O)NC2CCCC2(C)C)c1. The molecule has 1 saturated carbocycles. The first-order valence-corrected chi connectivity index (χ1v) is 7.04. The Kier molecular flexibility index (Phi) is 4.08. The number of hydrogen-bond donors (Lipinski definition) is 2. The van der Waals surface area contributed by atoms with Gasteiger partial charge in [-0.3, -0.25) is 9.78 Å². The summed E-state index contributed by atoms with van der Waals surface area (Å²) in [7, 11) is 0. The molecule has 1 amide bonds. The van der Waals surface area contributed by atoms with E-state index in [1.54, 1.807) is 12.3 Å². The second kappa shape index (κ2) is 5.59. The Hall–Kier alpha value is -1.58. The zero-order chi connectivity index (χ0) is 13.9. The highest BCUT2D eigenvalue weighted by molar-refractivity contribution is 5.93. The molecule has 1 aromatic rings. The van der Waals surface area contributed by atoms with Gasteiger partial charge in [0.1, 0.15) is 5.69 Å². The van der Waals surface area contributed by atoms with Gasteiger partial charge in [0.15, 0.2) is 0 Å². The molecule has 1 unspecified atom stereocenters. The molecule has 104 valence electrons. The normalized spacial score (nSPS) is 21.1. The van der Waals surface area contributed by atoms with Crippen LogP contribution in [0.2, 0.25) is 0 Å². The van der Waals surface area contributed by atoms with Crippen molar-refractivity contribution in [2.45, 2.75) is 46.1 Å². The zero-order valence-corrected chi connectivity index (χ0v) is 12.0. The van der Waals surface area contributed by atoms with Gasteiger partial charge in [-0.1, -0.05) is 20.3 Å². The molecule has 0 saturated heterocycles. The van der Waals surface area contributed by atoms with Gasteiger partial charge in [-0.25, -0.2) is 0 Å². The third-order valence-corrected chi connectivity index (χ3v) is 3.94. The zero-order valence-electron chi connectivity index (χ0n) is 12.0. The van der Waals surface area contributed by atoms with Crippen LogP contribution in [-0.2, 0) is 0 Å². The molecule has 19 heavy (non-hydrogen) atoms. The van der Waals surface area contributed by atoms with E-state index in [9.17, 15) is 4.79 Å². The molecule has 2 N–H and O–H groups in total. The van der Waals surface area contributed by atoms with Crippen LogP contribution in [0.25, 0.3) is 0 Å². The highest BCUT2D eigenvalue weighted by Crippen LogP contribution is 2.37. The maximum atomic E-state index is 12.2. The molecule has 0 radical (unpaired) electrons. The second-order valence-electron chi connectivity index (χ2n) is 5.87. The Morgan fingerprint density at radius 1 is 1.53 bits per heavy atom. The minimum atomic E-state index is -0.0697. The van der Waals surface area contributed by atoms with E-state index in [1.807, 2.05) is 13.0 Å². The van der Waals surface area contributed by atoms with E-state index in [1.165, 1.54) is 12.8 Å². The van der Waals surface area contributed by atoms with Gasteiger partial charge in [0.05, 0.1) is 0 Å². The number of rotatable bonds is 4. The first kappa shape index (κ1) is 13.8. The Bertz CT molecular complexity index is 456. The molecule has 1 aromatic heterocycles. The predicted octanol–water partition coefficient (Wildman–Crippen LogP) is 2.82. The predicted molar refractivity (Wildman–Crippen MR) is 77.3 cm³/mol. The lowest BCUT2D eigenvalue weighted by atomic mass is 9.87. The van der Waals surface area contributed by atoms with Gasteiger partial charge in [0, 0.05) is 24.5 Å². The fourth-order valence-corrected chi connectivity index (χ4v) is 2.70. The number of hydrogen-bond acceptors (Lipinski definition) is 3. The number of carbonyl (C=O) groups is 1. The summed E-state index contributed by atoms with van der Waals surface area (Å²) in [6.07, 6.45) is 5.09. The summed E-state index contributed by atoms with van der Waals surface area (Å²) in [5.41, 5.74) is 1.61. The van der Waals surface area contributed by atoms with Gasteiger partial charge >= 0.3 is 0 Å². The molecule has 0 spiro atoms. The summed E-state index contributed by atoms with van der Waals surface area (Å²) in [5, 5.41) is 6.32. The largest absolute Gasteiger partial charge is 0.385 e. The molecule has 4 heteroatoms. The number of nitrogens with one attached hydrogen (secondary N) is 2. The number of anilines is 1. The van der Waals surface area contributed by atoms with Crippen LogP contribution in [0.1, 0.15) is 50.5 Å². The number of amides is 1. The van der Waals surface area contributed by atoms with Crippen molar-refractivity contribution in [3.05, 3.63) is 24.0 Å². The van der Waals surface area contributed by atoms with E-state index >= 15 is 0 Å². The fraction of sp³-hybridized carbons (Fsp3) is 0.600. The molecular weight excluding hydrogens is 238 g/mol. The van der Waals surface area contributed by atoms with Gasteiger partial charge in [-0.15, -0.1) is 0 Å². The van der Waals surface area contributed by atoms with E-state index in [0.717, 1.165) is 18.7 Å². The first-order chi connectivity index (χ1) is 9.03. The van der Waals surface area contributed by atoms with Crippen LogP contribution in [-0.4, -0.2) is 23.5 Å². The van der Waals surface area contributed by atoms with Crippen LogP contribution in [0, 0.1) is 5.41 Å². The molecular formula is C15H23N3O. The number of nitrogens with zero attached hydrogens (tertiary/aromatic N) is 1. The number of pyridine rings is 1. The van der Waals surface area contributed by atoms with Gasteiger partial charge in [0.25, 0.3) is 5.91 Å². The second-order valence-corrected chi connectivity index (χ2v) is 5.87. The highest BCUT2D eigenvalue weighted by atomic mass is 16.1. The lowest BCUT2D eigenvalue weighted by Crippen LogP contribution is -2.41. The van der Waals surface area contributed by atoms with Crippen LogP contribution < -0.4 is 10.6 Å². The Morgan fingerprint density at radius 2 is 2.32 bits per heavy atom. The Labute approximate surface area is 115 Å². The highest BCUT2D eigenvalue weighted by Gasteiger charge is 2.35. The van der Waals surface area contributed by atoms with E-state index < -0.39 is 0 Å². The number of aromatic nitrogens is 1. The summed E-state index contributed by atoms with van der Waals surface area (Å²) in [5.74, 6) is -0.0697. The van der Waals surface area contributed by atoms with Crippen LogP contribution in [0.4, 0.5) is 5.69 Å². The monoisotopic (exact) mass is 261 g/mol. The Balaban J connectivity index is 2.05. The van der Waals surface area contributed by atoms with Crippen LogP contribution in [0.3, 0.4) is 0 Å². The summed E-state index contributed by atoms with van der Waals surface area (Å²) >= 11 is 0. The molecule has 1 fully saturated rings. The lowest BCUT2D eigenvalue weighted by molar-refractivity contribution is 0.0905. The smallest absolute Gasteiger partial charge is 0.270 e. The summed E-state index contributed by atoms with van der Waals surface area (Å²) in [6, 6.07) is 3.94. The van der Waals surface area contributed by atoms with E-state index in [4.69, 9.17) is 0 Å². The third-order valence-electron chi connectivity index (χ3n) is 3.94. The topological polar surface area (TPSA) is 54.0 Å². The van der Waals surface area contributed by atoms with Crippen molar-refractivity contribution >= 4 is 11.6 Å². The van der Waals surface area contributed by atoms with Crippen molar-refractivity contribution in [3.8, 4) is 0 Å². The van der Waals surface area contributed by atoms with Gasteiger partial charge < -0.3 is 10.6 Å². The molecule has 0 bridgehead atoms. The summed E-state index contributed by atoms with van der Waals surface area (Å²) < 4.78 is 0. The van der Waals surface area contributed by atoms with Gasteiger partial charge in [0.2, 0.25) is 0 Å². The van der Waals surface area contributed by atoms with Crippen LogP contribution >= 0.6 is 0 Å². The summed E-state index contributed by atoms with van der Waals surface area (Å²) in [4.78, 5) is 16.4. The van der Waals surface area contributed by atoms with E-state index in [2.05, 4.69) is 29.5 Å². The molecule has 0 aromatic carbocycles.